The van der Waals surface area contributed by atoms with Gasteiger partial charge in [0.25, 0.3) is 0 Å². The van der Waals surface area contributed by atoms with E-state index in [-0.39, 0.29) is 46.1 Å². The molecule has 4 aliphatic heterocycles. The summed E-state index contributed by atoms with van der Waals surface area (Å²) in [5.41, 5.74) is -0.468. The largest absolute Gasteiger partial charge is 0.508 e. The second-order valence-corrected chi connectivity index (χ2v) is 12.6. The lowest BCUT2D eigenvalue weighted by Crippen LogP contribution is -2.51. The van der Waals surface area contributed by atoms with Crippen molar-refractivity contribution in [3.05, 3.63) is 47.7 Å². The van der Waals surface area contributed by atoms with Gasteiger partial charge in [0, 0.05) is 55.3 Å². The highest BCUT2D eigenvalue weighted by atomic mass is 19.1. The van der Waals surface area contributed by atoms with E-state index in [9.17, 15) is 13.9 Å². The van der Waals surface area contributed by atoms with Gasteiger partial charge in [0.1, 0.15) is 41.4 Å². The van der Waals surface area contributed by atoms with Gasteiger partial charge in [0.15, 0.2) is 5.82 Å². The van der Waals surface area contributed by atoms with Gasteiger partial charge in [0.2, 0.25) is 0 Å². The summed E-state index contributed by atoms with van der Waals surface area (Å²) >= 11 is 0. The normalized spacial score (nSPS) is 26.4. The number of benzene rings is 2. The van der Waals surface area contributed by atoms with E-state index >= 15 is 4.39 Å². The Kier molecular flexibility index (Phi) is 6.36. The number of halogens is 3. The zero-order valence-electron chi connectivity index (χ0n) is 24.0. The van der Waals surface area contributed by atoms with Gasteiger partial charge in [-0.3, -0.25) is 9.88 Å². The van der Waals surface area contributed by atoms with Crippen LogP contribution in [0.5, 0.6) is 11.8 Å². The Labute approximate surface area is 252 Å². The fraction of sp³-hybridized carbons (Fsp3) is 0.424. The third-order valence-corrected chi connectivity index (χ3v) is 9.84. The summed E-state index contributed by atoms with van der Waals surface area (Å²) in [7, 11) is 0. The van der Waals surface area contributed by atoms with Gasteiger partial charge in [-0.25, -0.2) is 13.2 Å². The van der Waals surface area contributed by atoms with E-state index in [4.69, 9.17) is 16.1 Å². The molecule has 0 amide bonds. The van der Waals surface area contributed by atoms with Crippen molar-refractivity contribution in [1.82, 2.24) is 25.2 Å². The number of phenols is 1. The fourth-order valence-electron chi connectivity index (χ4n) is 7.89. The van der Waals surface area contributed by atoms with E-state index in [0.29, 0.717) is 54.7 Å². The van der Waals surface area contributed by atoms with Gasteiger partial charge in [-0.05, 0) is 55.8 Å². The first-order chi connectivity index (χ1) is 21.3. The molecule has 6 heterocycles. The molecular formula is C33H31F3N6O2. The number of rotatable bonds is 5. The van der Waals surface area contributed by atoms with Crippen LogP contribution >= 0.6 is 0 Å². The first kappa shape index (κ1) is 27.4. The predicted octanol–water partition coefficient (Wildman–Crippen LogP) is 4.71. The standard InChI is InChI=1S/C33H31F3N6O2/c1-2-23-26(35)7-4-18-10-22(43)11-24(27(18)23)29-28(36)30-25(13-37-29)31(41-15-20-5-6-21(16-41)38-20)40-32(39-30)44-17-33-8-3-9-42(33)14-19(34)12-33/h1,4,7,10-11,13,19-21,38,43H,3,5-6,8-9,12,14-17H2/t19-,20-,21+,33+/m0/s1. The number of phenolic OH excluding ortho intramolecular Hbond substituents is 1. The van der Waals surface area contributed by atoms with Gasteiger partial charge >= 0.3 is 6.01 Å². The molecule has 0 spiro atoms. The molecule has 4 aromatic rings. The molecule has 0 radical (unpaired) electrons. The van der Waals surface area contributed by atoms with Crippen molar-refractivity contribution >= 4 is 27.5 Å². The summed E-state index contributed by atoms with van der Waals surface area (Å²) in [4.78, 5) is 18.1. The van der Waals surface area contributed by atoms with Crippen molar-refractivity contribution in [2.24, 2.45) is 0 Å². The summed E-state index contributed by atoms with van der Waals surface area (Å²) in [6.45, 7) is 2.79. The minimum absolute atomic E-state index is 0.00778. The lowest BCUT2D eigenvalue weighted by atomic mass is 9.95. The van der Waals surface area contributed by atoms with Crippen molar-refractivity contribution in [1.29, 1.82) is 0 Å². The lowest BCUT2D eigenvalue weighted by Gasteiger charge is -2.34. The first-order valence-electron chi connectivity index (χ1n) is 15.1. The predicted molar refractivity (Wildman–Crippen MR) is 160 cm³/mol. The Morgan fingerprint density at radius 3 is 2.75 bits per heavy atom. The molecule has 4 fully saturated rings. The van der Waals surface area contributed by atoms with Crippen LogP contribution in [0, 0.1) is 24.0 Å². The molecule has 4 atom stereocenters. The summed E-state index contributed by atoms with van der Waals surface area (Å²) in [5.74, 6) is 1.35. The quantitative estimate of drug-likeness (QED) is 0.319. The number of terminal acetylenes is 1. The van der Waals surface area contributed by atoms with Gasteiger partial charge < -0.3 is 20.1 Å². The molecule has 2 bridgehead atoms. The summed E-state index contributed by atoms with van der Waals surface area (Å²) in [6.07, 6.45) is 10.5. The highest BCUT2D eigenvalue weighted by Gasteiger charge is 2.49. The Morgan fingerprint density at radius 2 is 1.95 bits per heavy atom. The van der Waals surface area contributed by atoms with Crippen LogP contribution in [-0.4, -0.2) is 81.5 Å². The molecule has 0 saturated carbocycles. The van der Waals surface area contributed by atoms with E-state index in [0.717, 1.165) is 32.2 Å². The molecule has 44 heavy (non-hydrogen) atoms. The number of hydrogen-bond donors (Lipinski definition) is 2. The molecule has 8 rings (SSSR count). The number of fused-ring (bicyclic) bond motifs is 5. The van der Waals surface area contributed by atoms with Crippen molar-refractivity contribution in [3.63, 3.8) is 0 Å². The molecule has 4 aliphatic rings. The molecular weight excluding hydrogens is 569 g/mol. The molecule has 0 aliphatic carbocycles. The van der Waals surface area contributed by atoms with Crippen LogP contribution in [0.25, 0.3) is 32.9 Å². The fourth-order valence-corrected chi connectivity index (χ4v) is 7.89. The number of alkyl halides is 1. The zero-order valence-corrected chi connectivity index (χ0v) is 24.0. The number of aromatic nitrogens is 3. The molecule has 4 saturated heterocycles. The Bertz CT molecular complexity index is 1850. The number of ether oxygens (including phenoxy) is 1. The number of anilines is 1. The molecule has 2 aromatic heterocycles. The Balaban J connectivity index is 1.28. The molecule has 0 unspecified atom stereocenters. The molecule has 2 aromatic carbocycles. The molecule has 226 valence electrons. The smallest absolute Gasteiger partial charge is 0.319 e. The minimum atomic E-state index is -0.913. The van der Waals surface area contributed by atoms with Gasteiger partial charge in [0.05, 0.1) is 16.5 Å². The van der Waals surface area contributed by atoms with Crippen LogP contribution < -0.4 is 15.0 Å². The maximum absolute atomic E-state index is 16.7. The molecule has 8 nitrogen and oxygen atoms in total. The van der Waals surface area contributed by atoms with Crippen LogP contribution in [0.15, 0.2) is 30.5 Å². The highest BCUT2D eigenvalue weighted by Crippen LogP contribution is 2.42. The maximum atomic E-state index is 16.7. The van der Waals surface area contributed by atoms with Crippen LogP contribution in [0.3, 0.4) is 0 Å². The second kappa shape index (κ2) is 10.2. The van der Waals surface area contributed by atoms with Crippen molar-refractivity contribution < 1.29 is 23.0 Å². The van der Waals surface area contributed by atoms with Gasteiger partial charge in [-0.2, -0.15) is 9.97 Å². The number of aromatic hydroxyl groups is 1. The second-order valence-electron chi connectivity index (χ2n) is 12.6. The van der Waals surface area contributed by atoms with Crippen molar-refractivity contribution in [3.8, 4) is 35.4 Å². The average Bonchev–Trinajstić information content (AvgIpc) is 3.66. The third-order valence-electron chi connectivity index (χ3n) is 9.84. The number of hydrogen-bond acceptors (Lipinski definition) is 8. The van der Waals surface area contributed by atoms with Crippen molar-refractivity contribution in [2.45, 2.75) is 55.9 Å². The third kappa shape index (κ3) is 4.34. The molecule has 11 heteroatoms. The summed E-state index contributed by atoms with van der Waals surface area (Å²) < 4.78 is 52.2. The first-order valence-corrected chi connectivity index (χ1v) is 15.1. The van der Waals surface area contributed by atoms with Crippen LogP contribution in [0.2, 0.25) is 0 Å². The molecule has 2 N–H and O–H groups in total. The van der Waals surface area contributed by atoms with E-state index in [1.165, 1.54) is 30.5 Å². The summed E-state index contributed by atoms with van der Waals surface area (Å²) in [5, 5.41) is 15.2. The van der Waals surface area contributed by atoms with Gasteiger partial charge in [-0.15, -0.1) is 6.42 Å². The Morgan fingerprint density at radius 1 is 1.14 bits per heavy atom. The van der Waals surface area contributed by atoms with E-state index < -0.39 is 23.3 Å². The number of nitrogens with zero attached hydrogens (tertiary/aromatic N) is 5. The minimum Gasteiger partial charge on any atom is -0.508 e. The highest BCUT2D eigenvalue weighted by molar-refractivity contribution is 6.03. The Hall–Kier alpha value is -4.14. The zero-order chi connectivity index (χ0) is 30.2. The van der Waals surface area contributed by atoms with Crippen LogP contribution in [0.4, 0.5) is 19.0 Å². The average molecular weight is 601 g/mol. The lowest BCUT2D eigenvalue weighted by molar-refractivity contribution is 0.107. The van der Waals surface area contributed by atoms with E-state index in [1.54, 1.807) is 0 Å². The number of pyridine rings is 1. The van der Waals surface area contributed by atoms with Crippen molar-refractivity contribution in [2.75, 3.05) is 37.7 Å². The van der Waals surface area contributed by atoms with E-state index in [2.05, 4.69) is 31.0 Å². The van der Waals surface area contributed by atoms with Gasteiger partial charge in [-0.1, -0.05) is 12.0 Å². The summed E-state index contributed by atoms with van der Waals surface area (Å²) in [6, 6.07) is 6.07. The monoisotopic (exact) mass is 600 g/mol. The topological polar surface area (TPSA) is 86.6 Å². The van der Waals surface area contributed by atoms with E-state index in [1.807, 2.05) is 0 Å². The SMILES string of the molecule is C#Cc1c(F)ccc2cc(O)cc(-c3ncc4c(N5C[C@H]6CC[C@@H](C5)N6)nc(OC[C@]56CCCN5C[C@@H](F)C6)nc4c3F)c12. The maximum Gasteiger partial charge on any atom is 0.319 e. The van der Waals surface area contributed by atoms with Crippen LogP contribution in [-0.2, 0) is 0 Å². The number of nitrogens with one attached hydrogen (secondary N) is 1. The number of piperazine rings is 1. The van der Waals surface area contributed by atoms with Crippen LogP contribution in [0.1, 0.15) is 37.7 Å².